The minimum Gasteiger partial charge on any atom is -0.455 e. The van der Waals surface area contributed by atoms with Crippen molar-refractivity contribution < 1.29 is 8.83 Å². The Morgan fingerprint density at radius 2 is 0.793 bits per heavy atom. The highest BCUT2D eigenvalue weighted by Crippen LogP contribution is 2.63. The van der Waals surface area contributed by atoms with Crippen molar-refractivity contribution in [3.05, 3.63) is 180 Å². The molecule has 0 saturated carbocycles. The van der Waals surface area contributed by atoms with Gasteiger partial charge in [-0.2, -0.15) is 0 Å². The molecule has 0 atom stereocenters. The first-order valence-electron chi connectivity index (χ1n) is 20.4. The minimum absolute atomic E-state index is 0.313. The Kier molecular flexibility index (Phi) is 6.07. The molecule has 2 aromatic heterocycles. The number of benzene rings is 9. The molecule has 9 aromatic carbocycles. The van der Waals surface area contributed by atoms with Crippen LogP contribution in [0.15, 0.2) is 167 Å². The quantitative estimate of drug-likeness (QED) is 0.176. The van der Waals surface area contributed by atoms with Gasteiger partial charge < -0.3 is 8.83 Å². The third-order valence-corrected chi connectivity index (χ3v) is 13.8. The first-order valence-corrected chi connectivity index (χ1v) is 20.4. The number of rotatable bonds is 2. The van der Waals surface area contributed by atoms with E-state index in [-0.39, 0.29) is 10.8 Å². The topological polar surface area (TPSA) is 26.3 Å². The number of para-hydroxylation sites is 2. The molecular weight excluding hydrogens is 705 g/mol. The Morgan fingerprint density at radius 3 is 1.41 bits per heavy atom. The number of furan rings is 2. The van der Waals surface area contributed by atoms with Gasteiger partial charge in [-0.15, -0.1) is 0 Å². The van der Waals surface area contributed by atoms with E-state index < -0.39 is 0 Å². The van der Waals surface area contributed by atoms with Crippen LogP contribution < -0.4 is 0 Å². The van der Waals surface area contributed by atoms with Gasteiger partial charge in [0.2, 0.25) is 0 Å². The molecule has 2 aliphatic carbocycles. The highest BCUT2D eigenvalue weighted by atomic mass is 16.3. The fourth-order valence-corrected chi connectivity index (χ4v) is 11.3. The molecule has 274 valence electrons. The van der Waals surface area contributed by atoms with Gasteiger partial charge in [0.15, 0.2) is 0 Å². The first kappa shape index (κ1) is 32.2. The molecule has 0 N–H and O–H groups in total. The smallest absolute Gasteiger partial charge is 0.144 e. The van der Waals surface area contributed by atoms with Crippen molar-refractivity contribution in [2.24, 2.45) is 0 Å². The van der Waals surface area contributed by atoms with Crippen molar-refractivity contribution in [3.8, 4) is 44.5 Å². The van der Waals surface area contributed by atoms with Gasteiger partial charge in [-0.1, -0.05) is 161 Å². The van der Waals surface area contributed by atoms with Gasteiger partial charge >= 0.3 is 0 Å². The summed E-state index contributed by atoms with van der Waals surface area (Å²) in [6.45, 7) is 9.75. The van der Waals surface area contributed by atoms with E-state index in [1.54, 1.807) is 0 Å². The monoisotopic (exact) mass is 742 g/mol. The summed E-state index contributed by atoms with van der Waals surface area (Å²) >= 11 is 0. The fourth-order valence-electron chi connectivity index (χ4n) is 11.3. The van der Waals surface area contributed by atoms with E-state index in [4.69, 9.17) is 8.83 Å². The van der Waals surface area contributed by atoms with Crippen LogP contribution in [0.4, 0.5) is 0 Å². The second-order valence-electron chi connectivity index (χ2n) is 17.5. The second-order valence-corrected chi connectivity index (χ2v) is 17.5. The molecule has 13 rings (SSSR count). The highest BCUT2D eigenvalue weighted by Gasteiger charge is 2.48. The van der Waals surface area contributed by atoms with Crippen molar-refractivity contribution in [1.82, 2.24) is 0 Å². The second kappa shape index (κ2) is 10.9. The molecule has 2 nitrogen and oxygen atoms in total. The van der Waals surface area contributed by atoms with Crippen LogP contribution in [0.1, 0.15) is 49.9 Å². The largest absolute Gasteiger partial charge is 0.455 e. The molecule has 0 fully saturated rings. The van der Waals surface area contributed by atoms with Crippen LogP contribution in [0.5, 0.6) is 0 Å². The normalized spacial score (nSPS) is 14.8. The molecular formula is C56H38O2. The van der Waals surface area contributed by atoms with Gasteiger partial charge in [-0.25, -0.2) is 0 Å². The maximum absolute atomic E-state index is 7.04. The van der Waals surface area contributed by atoms with E-state index in [1.165, 1.54) is 93.5 Å². The van der Waals surface area contributed by atoms with Gasteiger partial charge in [0.05, 0.1) is 0 Å². The molecule has 0 unspecified atom stereocenters. The maximum atomic E-state index is 7.04. The number of fused-ring (bicyclic) bond motifs is 17. The summed E-state index contributed by atoms with van der Waals surface area (Å²) in [5, 5.41) is 9.64. The van der Waals surface area contributed by atoms with E-state index >= 15 is 0 Å². The van der Waals surface area contributed by atoms with Gasteiger partial charge in [-0.3, -0.25) is 0 Å². The van der Waals surface area contributed by atoms with Crippen LogP contribution in [-0.2, 0) is 10.8 Å². The molecule has 0 saturated heterocycles. The lowest BCUT2D eigenvalue weighted by Gasteiger charge is -2.31. The Labute approximate surface area is 336 Å². The minimum atomic E-state index is -0.322. The van der Waals surface area contributed by atoms with Crippen LogP contribution in [0.2, 0.25) is 0 Å². The Bertz CT molecular complexity index is 3610. The van der Waals surface area contributed by atoms with E-state index in [0.717, 1.165) is 38.7 Å². The number of hydrogen-bond acceptors (Lipinski definition) is 2. The van der Waals surface area contributed by atoms with Gasteiger partial charge in [0.1, 0.15) is 22.3 Å². The van der Waals surface area contributed by atoms with E-state index in [1.807, 2.05) is 0 Å². The molecule has 0 aliphatic heterocycles. The van der Waals surface area contributed by atoms with E-state index in [2.05, 4.69) is 185 Å². The van der Waals surface area contributed by atoms with Crippen molar-refractivity contribution in [2.75, 3.05) is 0 Å². The van der Waals surface area contributed by atoms with Crippen LogP contribution in [0.3, 0.4) is 0 Å². The summed E-state index contributed by atoms with van der Waals surface area (Å²) < 4.78 is 14.0. The van der Waals surface area contributed by atoms with Crippen molar-refractivity contribution in [2.45, 2.75) is 38.5 Å². The molecule has 0 bridgehead atoms. The maximum Gasteiger partial charge on any atom is 0.144 e. The molecule has 2 heteroatoms. The van der Waals surface area contributed by atoms with Crippen LogP contribution >= 0.6 is 0 Å². The van der Waals surface area contributed by atoms with Crippen molar-refractivity contribution in [1.29, 1.82) is 0 Å². The molecule has 58 heavy (non-hydrogen) atoms. The summed E-state index contributed by atoms with van der Waals surface area (Å²) in [6, 6.07) is 57.7. The Balaban J connectivity index is 1.13. The first-order chi connectivity index (χ1) is 28.3. The lowest BCUT2D eigenvalue weighted by atomic mass is 9.72. The van der Waals surface area contributed by atoms with Crippen LogP contribution in [0.25, 0.3) is 110 Å². The van der Waals surface area contributed by atoms with Gasteiger partial charge in [-0.05, 0) is 101 Å². The van der Waals surface area contributed by atoms with E-state index in [9.17, 15) is 0 Å². The zero-order valence-corrected chi connectivity index (χ0v) is 32.8. The van der Waals surface area contributed by atoms with Gasteiger partial charge in [0.25, 0.3) is 0 Å². The Morgan fingerprint density at radius 1 is 0.345 bits per heavy atom. The molecule has 2 heterocycles. The van der Waals surface area contributed by atoms with Gasteiger partial charge in [0, 0.05) is 43.5 Å². The zero-order valence-electron chi connectivity index (χ0n) is 32.8. The predicted molar refractivity (Wildman–Crippen MR) is 242 cm³/mol. The van der Waals surface area contributed by atoms with Crippen molar-refractivity contribution >= 4 is 65.4 Å². The van der Waals surface area contributed by atoms with Crippen LogP contribution in [0, 0.1) is 0 Å². The highest BCUT2D eigenvalue weighted by molar-refractivity contribution is 6.22. The fraction of sp³-hybridized carbons (Fsp3) is 0.107. The Hall–Kier alpha value is -6.90. The third kappa shape index (κ3) is 3.93. The molecule has 0 spiro atoms. The zero-order chi connectivity index (χ0) is 38.7. The summed E-state index contributed by atoms with van der Waals surface area (Å²) in [6.07, 6.45) is 0. The van der Waals surface area contributed by atoms with Crippen molar-refractivity contribution in [3.63, 3.8) is 0 Å². The molecule has 2 aliphatic rings. The summed E-state index contributed by atoms with van der Waals surface area (Å²) in [5.41, 5.74) is 18.5. The van der Waals surface area contributed by atoms with E-state index in [0.29, 0.717) is 0 Å². The average molecular weight is 743 g/mol. The summed E-state index contributed by atoms with van der Waals surface area (Å²) in [5.74, 6) is 0. The SMILES string of the molecule is CC1(C)c2cc(-c3cccc4ccccc34)c3c(oc4ccccc43)c2-c2ccc3c(c21)C(C)(C)c1cc(-c2cccc4ccccc24)c2oc4ccccc4c2c1-3. The lowest BCUT2D eigenvalue weighted by molar-refractivity contribution is 0.601. The molecule has 0 radical (unpaired) electrons. The predicted octanol–water partition coefficient (Wildman–Crippen LogP) is 15.7. The molecule has 0 amide bonds. The number of hydrogen-bond donors (Lipinski definition) is 0. The lowest BCUT2D eigenvalue weighted by Crippen LogP contribution is -2.24. The van der Waals surface area contributed by atoms with Crippen LogP contribution in [-0.4, -0.2) is 0 Å². The summed E-state index contributed by atoms with van der Waals surface area (Å²) in [4.78, 5) is 0. The molecule has 11 aromatic rings. The summed E-state index contributed by atoms with van der Waals surface area (Å²) in [7, 11) is 0. The standard InChI is InChI=1S/C56H38O2/c1-55(2)43-30-42(36-24-14-18-32-16-6-8-20-34(32)36)53-50(38-22-10-12-26-46(38)57-53)48(43)39-27-28-40-49-44(56(3,4)52(40)51(39)55)29-41(35-23-13-17-31-15-5-7-19-33(31)35)47-37-21-9-11-25-45(37)58-54(47)49/h5-30H,1-4H3. The third-order valence-electron chi connectivity index (χ3n) is 13.8. The average Bonchev–Trinajstić information content (AvgIpc) is 3.95.